The molecule has 1 aromatic heterocycles. The van der Waals surface area contributed by atoms with Crippen LogP contribution in [-0.4, -0.2) is 61.2 Å². The van der Waals surface area contributed by atoms with Gasteiger partial charge in [0.1, 0.15) is 11.5 Å². The molecule has 1 N–H and O–H groups in total. The monoisotopic (exact) mass is 588 g/mol. The number of anilines is 1. The zero-order valence-corrected chi connectivity index (χ0v) is 24.4. The number of carbonyl (C=O) groups excluding carboxylic acids is 1. The van der Waals surface area contributed by atoms with Crippen molar-refractivity contribution in [2.45, 2.75) is 23.9 Å². The fourth-order valence-corrected chi connectivity index (χ4v) is 6.62. The summed E-state index contributed by atoms with van der Waals surface area (Å²) in [5.74, 6) is 0.829. The van der Waals surface area contributed by atoms with Crippen molar-refractivity contribution >= 4 is 56.0 Å². The molecule has 0 aliphatic heterocycles. The number of aromatic nitrogens is 2. The molecular weight excluding hydrogens is 560 g/mol. The van der Waals surface area contributed by atoms with Crippen LogP contribution in [0.25, 0.3) is 16.7 Å². The highest BCUT2D eigenvalue weighted by Gasteiger charge is 2.24. The number of ether oxygens (including phenoxy) is 2. The van der Waals surface area contributed by atoms with Crippen LogP contribution in [0.15, 0.2) is 70.7 Å². The lowest BCUT2D eigenvalue weighted by Gasteiger charge is -2.18. The van der Waals surface area contributed by atoms with Crippen LogP contribution in [-0.2, 0) is 14.8 Å². The second-order valence-corrected chi connectivity index (χ2v) is 11.6. The fraction of sp³-hybridized carbons (Fsp3) is 0.259. The Morgan fingerprint density at radius 1 is 1.03 bits per heavy atom. The molecule has 3 aromatic carbocycles. The van der Waals surface area contributed by atoms with Gasteiger partial charge in [0.2, 0.25) is 15.9 Å². The number of rotatable bonds is 11. The summed E-state index contributed by atoms with van der Waals surface area (Å²) in [5.41, 5.74) is 2.33. The summed E-state index contributed by atoms with van der Waals surface area (Å²) in [7, 11) is -0.592. The molecule has 0 atom stereocenters. The summed E-state index contributed by atoms with van der Waals surface area (Å²) in [6.45, 7) is 4.32. The molecule has 1 heterocycles. The summed E-state index contributed by atoms with van der Waals surface area (Å²) in [4.78, 5) is 17.8. The van der Waals surface area contributed by atoms with Gasteiger partial charge in [0.15, 0.2) is 5.16 Å². The van der Waals surface area contributed by atoms with E-state index < -0.39 is 10.0 Å². The quantitative estimate of drug-likeness (QED) is 0.232. The molecule has 0 fully saturated rings. The Kier molecular flexibility index (Phi) is 9.06. The number of sulfonamides is 1. The Labute approximate surface area is 237 Å². The second-order valence-electron chi connectivity index (χ2n) is 8.32. The van der Waals surface area contributed by atoms with Crippen LogP contribution in [0.4, 0.5) is 5.69 Å². The number of para-hydroxylation sites is 2. The zero-order valence-electron chi connectivity index (χ0n) is 22.0. The van der Waals surface area contributed by atoms with Crippen LogP contribution < -0.4 is 14.8 Å². The van der Waals surface area contributed by atoms with Crippen LogP contribution in [0.5, 0.6) is 11.5 Å². The van der Waals surface area contributed by atoms with E-state index in [4.69, 9.17) is 26.1 Å². The van der Waals surface area contributed by atoms with E-state index in [1.165, 1.54) is 23.2 Å². The minimum atomic E-state index is -3.68. The average Bonchev–Trinajstić information content (AvgIpc) is 3.30. The molecule has 4 rings (SSSR count). The van der Waals surface area contributed by atoms with Crippen LogP contribution >= 0.6 is 23.4 Å². The first-order valence-corrected chi connectivity index (χ1v) is 15.0. The van der Waals surface area contributed by atoms with Crippen LogP contribution in [0, 0.1) is 0 Å². The Bertz CT molecular complexity index is 1600. The summed E-state index contributed by atoms with van der Waals surface area (Å²) in [6, 6.07) is 17.3. The molecule has 4 aromatic rings. The Balaban J connectivity index is 1.73. The van der Waals surface area contributed by atoms with Gasteiger partial charge in [0.25, 0.3) is 0 Å². The van der Waals surface area contributed by atoms with Gasteiger partial charge in [0.05, 0.1) is 47.3 Å². The summed E-state index contributed by atoms with van der Waals surface area (Å²) in [6.07, 6.45) is 0. The summed E-state index contributed by atoms with van der Waals surface area (Å²) < 4.78 is 40.5. The lowest BCUT2D eigenvalue weighted by Crippen LogP contribution is -2.30. The van der Waals surface area contributed by atoms with Crippen LogP contribution in [0.2, 0.25) is 5.02 Å². The lowest BCUT2D eigenvalue weighted by atomic mass is 10.2. The highest BCUT2D eigenvalue weighted by atomic mass is 35.5. The molecule has 0 saturated carbocycles. The maximum Gasteiger partial charge on any atom is 0.243 e. The molecule has 0 spiro atoms. The SMILES string of the molecule is CCN(CC)S(=O)(=O)c1ccc2c(c1)nc(SCC(=O)Nc1cc(Cl)ccc1OC)n2-c1ccccc1OC. The minimum Gasteiger partial charge on any atom is -0.495 e. The van der Waals surface area contributed by atoms with E-state index in [0.717, 1.165) is 0 Å². The van der Waals surface area contributed by atoms with Gasteiger partial charge in [-0.05, 0) is 48.5 Å². The first-order chi connectivity index (χ1) is 18.7. The molecule has 0 aliphatic rings. The van der Waals surface area contributed by atoms with Gasteiger partial charge in [-0.1, -0.05) is 49.3 Å². The number of nitrogens with one attached hydrogen (secondary N) is 1. The third-order valence-corrected chi connectivity index (χ3v) is 9.25. The van der Waals surface area contributed by atoms with E-state index in [1.807, 2.05) is 28.8 Å². The summed E-state index contributed by atoms with van der Waals surface area (Å²) in [5, 5.41) is 3.79. The molecule has 1 amide bonds. The van der Waals surface area contributed by atoms with Gasteiger partial charge in [-0.15, -0.1) is 0 Å². The van der Waals surface area contributed by atoms with Gasteiger partial charge in [-0.3, -0.25) is 9.36 Å². The van der Waals surface area contributed by atoms with Crippen LogP contribution in [0.1, 0.15) is 13.8 Å². The van der Waals surface area contributed by atoms with Gasteiger partial charge in [0, 0.05) is 18.1 Å². The molecule has 0 radical (unpaired) electrons. The smallest absolute Gasteiger partial charge is 0.243 e. The van der Waals surface area contributed by atoms with Gasteiger partial charge in [-0.25, -0.2) is 13.4 Å². The van der Waals surface area contributed by atoms with Gasteiger partial charge in [-0.2, -0.15) is 4.31 Å². The average molecular weight is 589 g/mol. The first-order valence-electron chi connectivity index (χ1n) is 12.2. The highest BCUT2D eigenvalue weighted by molar-refractivity contribution is 7.99. The topological polar surface area (TPSA) is 103 Å². The zero-order chi connectivity index (χ0) is 28.2. The number of benzene rings is 3. The largest absolute Gasteiger partial charge is 0.495 e. The second kappa shape index (κ2) is 12.3. The third kappa shape index (κ3) is 6.01. The van der Waals surface area contributed by atoms with Crippen molar-refractivity contribution in [1.29, 1.82) is 0 Å². The molecule has 9 nitrogen and oxygen atoms in total. The minimum absolute atomic E-state index is 0.0265. The molecule has 0 unspecified atom stereocenters. The first kappa shape index (κ1) is 28.8. The van der Waals surface area contributed by atoms with E-state index in [1.54, 1.807) is 57.4 Å². The lowest BCUT2D eigenvalue weighted by molar-refractivity contribution is -0.113. The number of fused-ring (bicyclic) bond motifs is 1. The molecule has 39 heavy (non-hydrogen) atoms. The number of halogens is 1. The molecule has 12 heteroatoms. The predicted molar refractivity (Wildman–Crippen MR) is 155 cm³/mol. The maximum atomic E-state index is 13.2. The van der Waals surface area contributed by atoms with Crippen molar-refractivity contribution in [2.24, 2.45) is 0 Å². The Morgan fingerprint density at radius 3 is 2.44 bits per heavy atom. The standard InChI is InChI=1S/C27H29ClN4O5S2/c1-5-31(6-2)39(34,35)19-12-13-22-20(16-19)30-27(32(22)23-9-7-8-10-25(23)37-4)38-17-26(33)29-21-15-18(28)11-14-24(21)36-3/h7-16H,5-6,17H2,1-4H3,(H,29,33). The molecular formula is C27H29ClN4O5S2. The number of carbonyl (C=O) groups is 1. The van der Waals surface area contributed by atoms with Gasteiger partial charge < -0.3 is 14.8 Å². The van der Waals surface area contributed by atoms with Crippen LogP contribution in [0.3, 0.4) is 0 Å². The van der Waals surface area contributed by atoms with E-state index in [-0.39, 0.29) is 16.6 Å². The Hall–Kier alpha value is -3.25. The molecule has 0 saturated heterocycles. The predicted octanol–water partition coefficient (Wildman–Crippen LogP) is 5.46. The fourth-order valence-electron chi connectivity index (χ4n) is 4.15. The van der Waals surface area contributed by atoms with E-state index in [0.29, 0.717) is 57.2 Å². The molecule has 206 valence electrons. The van der Waals surface area contributed by atoms with E-state index in [9.17, 15) is 13.2 Å². The van der Waals surface area contributed by atoms with Crippen molar-refractivity contribution in [1.82, 2.24) is 13.9 Å². The van der Waals surface area contributed by atoms with Crippen molar-refractivity contribution < 1.29 is 22.7 Å². The summed E-state index contributed by atoms with van der Waals surface area (Å²) >= 11 is 7.30. The number of imidazole rings is 1. The van der Waals surface area contributed by atoms with Crippen molar-refractivity contribution in [2.75, 3.05) is 38.4 Å². The number of amides is 1. The highest BCUT2D eigenvalue weighted by Crippen LogP contribution is 2.34. The van der Waals surface area contributed by atoms with Crippen molar-refractivity contribution in [3.8, 4) is 17.2 Å². The van der Waals surface area contributed by atoms with E-state index in [2.05, 4.69) is 5.32 Å². The number of hydrogen-bond donors (Lipinski definition) is 1. The van der Waals surface area contributed by atoms with Crippen molar-refractivity contribution in [3.05, 3.63) is 65.7 Å². The molecule has 0 bridgehead atoms. The molecule has 0 aliphatic carbocycles. The van der Waals surface area contributed by atoms with Gasteiger partial charge >= 0.3 is 0 Å². The normalized spacial score (nSPS) is 11.6. The number of thioether (sulfide) groups is 1. The third-order valence-electron chi connectivity index (χ3n) is 6.03. The van der Waals surface area contributed by atoms with E-state index >= 15 is 0 Å². The number of hydrogen-bond acceptors (Lipinski definition) is 7. The number of nitrogens with zero attached hydrogens (tertiary/aromatic N) is 3. The Morgan fingerprint density at radius 2 is 1.74 bits per heavy atom. The number of methoxy groups -OCH3 is 2. The van der Waals surface area contributed by atoms with Crippen molar-refractivity contribution in [3.63, 3.8) is 0 Å². The maximum absolute atomic E-state index is 13.2.